The van der Waals surface area contributed by atoms with Gasteiger partial charge in [-0.2, -0.15) is 45.3 Å². The molecule has 468 valence electrons. The summed E-state index contributed by atoms with van der Waals surface area (Å²) in [7, 11) is 0. The molecule has 8 heterocycles. The maximum absolute atomic E-state index is 14.3. The number of alkyl halides is 6. The number of nitrogens with one attached hydrogen (secondary N) is 3. The maximum Gasteiger partial charge on any atom is 0.419 e. The Morgan fingerprint density at radius 2 is 1.06 bits per heavy atom. The Labute approximate surface area is 500 Å². The molecule has 4 aromatic heterocycles. The van der Waals surface area contributed by atoms with Crippen LogP contribution in [0.2, 0.25) is 10.0 Å². The molecule has 6 aromatic rings. The molecule has 10 rings (SSSR count). The van der Waals surface area contributed by atoms with Crippen LogP contribution in [0.15, 0.2) is 46.0 Å². The molecule has 32 heteroatoms. The number of halogens is 10. The number of nitrogens with zero attached hydrogens (tertiary/aromatic N) is 11. The summed E-state index contributed by atoms with van der Waals surface area (Å²) in [6, 6.07) is 1.87. The summed E-state index contributed by atoms with van der Waals surface area (Å²) in [5.74, 6) is -3.84. The Balaban J connectivity index is 0.000000210. The SMILES string of the molecule is CCc1c(N2CCN(C(=O)OC(C)(C)C)CC2)c(=O)n2nc(C3=CCOCC3)nc2n1CC(=O)Nc1cc(F)c(C(F)(F)F)cc1Cl.CCc1c(N2CCNCC2)c(=O)n2nc(C3=CCOCC3)nc2n1CC(=O)Nc1cc(F)c(C(F)(F)F)cc1Cl. The van der Waals surface area contributed by atoms with Gasteiger partial charge in [-0.15, -0.1) is 10.2 Å². The van der Waals surface area contributed by atoms with Gasteiger partial charge in [0.1, 0.15) is 41.7 Å². The van der Waals surface area contributed by atoms with Crippen LogP contribution < -0.4 is 36.9 Å². The maximum atomic E-state index is 14.3. The first-order chi connectivity index (χ1) is 41.1. The van der Waals surface area contributed by atoms with Crippen LogP contribution in [0.4, 0.5) is 62.7 Å². The Hall–Kier alpha value is -7.67. The van der Waals surface area contributed by atoms with Crippen molar-refractivity contribution in [3.63, 3.8) is 0 Å². The molecule has 0 atom stereocenters. The number of piperazine rings is 2. The third kappa shape index (κ3) is 14.2. The number of anilines is 4. The van der Waals surface area contributed by atoms with Crippen LogP contribution in [0, 0.1) is 11.6 Å². The van der Waals surface area contributed by atoms with Crippen molar-refractivity contribution in [1.29, 1.82) is 0 Å². The van der Waals surface area contributed by atoms with Crippen molar-refractivity contribution in [1.82, 2.24) is 48.5 Å². The van der Waals surface area contributed by atoms with Gasteiger partial charge in [-0.3, -0.25) is 19.2 Å². The quantitative estimate of drug-likeness (QED) is 0.0990. The molecule has 0 unspecified atom stereocenters. The van der Waals surface area contributed by atoms with Gasteiger partial charge in [-0.1, -0.05) is 49.2 Å². The molecular formula is C55H60Cl2F8N14O8. The second-order valence-corrected chi connectivity index (χ2v) is 22.2. The lowest BCUT2D eigenvalue weighted by Gasteiger charge is -2.37. The summed E-state index contributed by atoms with van der Waals surface area (Å²) in [6.07, 6.45) is -5.06. The van der Waals surface area contributed by atoms with Gasteiger partial charge in [-0.05, 0) is 81.9 Å². The number of carbonyl (C=O) groups excluding carboxylic acids is 3. The van der Waals surface area contributed by atoms with Crippen molar-refractivity contribution in [2.45, 2.75) is 91.3 Å². The van der Waals surface area contributed by atoms with E-state index in [0.717, 1.165) is 15.7 Å². The molecule has 0 aliphatic carbocycles. The summed E-state index contributed by atoms with van der Waals surface area (Å²) in [6.45, 7) is 13.3. The zero-order valence-corrected chi connectivity index (χ0v) is 49.2. The van der Waals surface area contributed by atoms with Crippen molar-refractivity contribution in [2.75, 3.05) is 99.2 Å². The highest BCUT2D eigenvalue weighted by Crippen LogP contribution is 2.38. The van der Waals surface area contributed by atoms with E-state index >= 15 is 0 Å². The number of hydrogen-bond donors (Lipinski definition) is 3. The number of carbonyl (C=O) groups is 3. The average molecular weight is 1270 g/mol. The molecule has 2 aromatic carbocycles. The fraction of sp³-hybridized carbons (Fsp3) is 0.473. The predicted octanol–water partition coefficient (Wildman–Crippen LogP) is 7.88. The minimum absolute atomic E-state index is 0.0604. The van der Waals surface area contributed by atoms with E-state index in [4.69, 9.17) is 37.4 Å². The average Bonchev–Trinajstić information content (AvgIpc) is 1.72. The van der Waals surface area contributed by atoms with Gasteiger partial charge in [0.2, 0.25) is 23.4 Å². The van der Waals surface area contributed by atoms with Crippen LogP contribution in [0.1, 0.15) is 81.6 Å². The highest BCUT2D eigenvalue weighted by Gasteiger charge is 2.37. The van der Waals surface area contributed by atoms with Gasteiger partial charge in [0, 0.05) is 52.4 Å². The number of benzene rings is 2. The highest BCUT2D eigenvalue weighted by atomic mass is 35.5. The van der Waals surface area contributed by atoms with E-state index in [1.54, 1.807) is 43.2 Å². The van der Waals surface area contributed by atoms with Crippen LogP contribution in [-0.2, 0) is 62.1 Å². The lowest BCUT2D eigenvalue weighted by atomic mass is 10.1. The van der Waals surface area contributed by atoms with E-state index in [0.29, 0.717) is 119 Å². The zero-order chi connectivity index (χ0) is 62.9. The lowest BCUT2D eigenvalue weighted by molar-refractivity contribution is -0.140. The van der Waals surface area contributed by atoms with Crippen molar-refractivity contribution in [3.8, 4) is 0 Å². The number of amides is 3. The summed E-state index contributed by atoms with van der Waals surface area (Å²) >= 11 is 12.0. The topological polar surface area (TPSA) is 229 Å². The van der Waals surface area contributed by atoms with E-state index in [9.17, 15) is 59.1 Å². The Morgan fingerprint density at radius 3 is 1.43 bits per heavy atom. The Kier molecular flexibility index (Phi) is 19.0. The normalized spacial score (nSPS) is 16.1. The predicted molar refractivity (Wildman–Crippen MR) is 305 cm³/mol. The van der Waals surface area contributed by atoms with Gasteiger partial charge in [0.25, 0.3) is 11.1 Å². The van der Waals surface area contributed by atoms with E-state index in [1.807, 2.05) is 22.8 Å². The van der Waals surface area contributed by atoms with Gasteiger partial charge < -0.3 is 54.0 Å². The van der Waals surface area contributed by atoms with E-state index < -0.39 is 80.8 Å². The van der Waals surface area contributed by atoms with Gasteiger partial charge in [0.15, 0.2) is 11.6 Å². The van der Waals surface area contributed by atoms with Gasteiger partial charge in [0.05, 0.1) is 70.4 Å². The molecule has 2 fully saturated rings. The first kappa shape index (κ1) is 63.8. The lowest BCUT2D eigenvalue weighted by Crippen LogP contribution is -2.51. The third-order valence-corrected chi connectivity index (χ3v) is 15.0. The highest BCUT2D eigenvalue weighted by molar-refractivity contribution is 6.34. The number of fused-ring (bicyclic) bond motifs is 2. The van der Waals surface area contributed by atoms with E-state index in [-0.39, 0.29) is 79.1 Å². The molecule has 0 radical (unpaired) electrons. The monoisotopic (exact) mass is 1270 g/mol. The van der Waals surface area contributed by atoms with E-state index in [2.05, 4.69) is 36.1 Å². The summed E-state index contributed by atoms with van der Waals surface area (Å²) in [5.41, 5.74) is -2.11. The molecular weight excluding hydrogens is 1210 g/mol. The molecule has 87 heavy (non-hydrogen) atoms. The Bertz CT molecular complexity index is 3820. The minimum atomic E-state index is -4.98. The molecule has 2 saturated heterocycles. The fourth-order valence-electron chi connectivity index (χ4n) is 10.3. The second-order valence-electron chi connectivity index (χ2n) is 21.4. The molecule has 22 nitrogen and oxygen atoms in total. The summed E-state index contributed by atoms with van der Waals surface area (Å²) in [4.78, 5) is 81.5. The molecule has 0 spiro atoms. The number of rotatable bonds is 12. The molecule has 0 saturated carbocycles. The van der Waals surface area contributed by atoms with Crippen LogP contribution in [0.3, 0.4) is 0 Å². The van der Waals surface area contributed by atoms with E-state index in [1.165, 1.54) is 9.08 Å². The van der Waals surface area contributed by atoms with Gasteiger partial charge in [-0.25, -0.2) is 13.6 Å². The summed E-state index contributed by atoms with van der Waals surface area (Å²) in [5, 5.41) is 16.0. The second kappa shape index (κ2) is 26.0. The largest absolute Gasteiger partial charge is 0.444 e. The molecule has 4 aliphatic heterocycles. The number of ether oxygens (including phenoxy) is 3. The third-order valence-electron chi connectivity index (χ3n) is 14.4. The number of hydrogen-bond acceptors (Lipinski definition) is 15. The summed E-state index contributed by atoms with van der Waals surface area (Å²) < 4.78 is 129. The zero-order valence-electron chi connectivity index (χ0n) is 47.7. The van der Waals surface area contributed by atoms with Crippen molar-refractivity contribution < 1.29 is 63.7 Å². The standard InChI is InChI=1S/C30H34ClF4N7O5.C25H26ClF4N7O3/c1-5-22-24(39-8-10-40(11-9-39)28(45)47-29(2,3)4)26(44)42-27(37-25(38-42)17-6-12-46-13-7-17)41(22)16-23(43)36-21-15-20(32)18(14-19(21)31)30(33,34)35;1-2-19-21(35-7-5-31-6-8-35)23(39)37-24(33-22(34-37)14-3-9-40-10-4-14)36(19)13-20(38)32-18-12-17(27)15(11-16(18)26)25(28,29)30/h6,14-15H,5,7-13,16H2,1-4H3,(H,36,43);3,11-12,31H,2,4-10,13H2,1H3,(H,32,38). The first-order valence-electron chi connectivity index (χ1n) is 27.7. The van der Waals surface area contributed by atoms with Crippen LogP contribution in [0.25, 0.3) is 22.7 Å². The molecule has 0 bridgehead atoms. The van der Waals surface area contributed by atoms with Crippen molar-refractivity contribution in [2.24, 2.45) is 0 Å². The molecule has 3 N–H and O–H groups in total. The van der Waals surface area contributed by atoms with Crippen LogP contribution in [0.5, 0.6) is 0 Å². The van der Waals surface area contributed by atoms with Crippen LogP contribution in [-0.4, -0.2) is 146 Å². The van der Waals surface area contributed by atoms with Gasteiger partial charge >= 0.3 is 18.4 Å². The molecule has 3 amide bonds. The smallest absolute Gasteiger partial charge is 0.419 e. The molecule has 4 aliphatic rings. The fourth-order valence-corrected chi connectivity index (χ4v) is 10.7. The van der Waals surface area contributed by atoms with Crippen molar-refractivity contribution in [3.05, 3.63) is 113 Å². The Morgan fingerprint density at radius 1 is 0.644 bits per heavy atom. The first-order valence-corrected chi connectivity index (χ1v) is 28.4. The van der Waals surface area contributed by atoms with Crippen molar-refractivity contribution >= 4 is 86.6 Å². The number of aromatic nitrogens is 8. The van der Waals surface area contributed by atoms with Crippen LogP contribution >= 0.6 is 23.2 Å². The minimum Gasteiger partial charge on any atom is -0.444 e.